The molecule has 0 saturated heterocycles. The highest BCUT2D eigenvalue weighted by molar-refractivity contribution is 6.31. The Kier molecular flexibility index (Phi) is 5.86. The average molecular weight is 473 g/mol. The number of furan rings is 1. The molecule has 2 heterocycles. The number of pyridine rings is 1. The van der Waals surface area contributed by atoms with Gasteiger partial charge in [-0.3, -0.25) is 14.6 Å². The molecule has 0 atom stereocenters. The van der Waals surface area contributed by atoms with Gasteiger partial charge in [0.1, 0.15) is 5.76 Å². The first kappa shape index (κ1) is 21.9. The van der Waals surface area contributed by atoms with Crippen molar-refractivity contribution in [2.45, 2.75) is 26.2 Å². The number of hydrogen-bond donors (Lipinski definition) is 2. The van der Waals surface area contributed by atoms with Crippen molar-refractivity contribution in [2.75, 3.05) is 5.32 Å². The predicted octanol–water partition coefficient (Wildman–Crippen LogP) is 5.51. The molecule has 2 N–H and O–H groups in total. The quantitative estimate of drug-likeness (QED) is 0.382. The predicted molar refractivity (Wildman–Crippen MR) is 132 cm³/mol. The number of carbonyl (C=O) groups is 2. The van der Waals surface area contributed by atoms with Gasteiger partial charge < -0.3 is 9.73 Å². The van der Waals surface area contributed by atoms with Crippen molar-refractivity contribution in [1.29, 1.82) is 0 Å². The second-order valence-corrected chi connectivity index (χ2v) is 8.48. The number of amides is 2. The van der Waals surface area contributed by atoms with Crippen molar-refractivity contribution in [3.63, 3.8) is 0 Å². The molecular formula is C26H21ClN4O3. The number of aryl methyl sites for hydroxylation is 1. The summed E-state index contributed by atoms with van der Waals surface area (Å²) in [6.07, 6.45) is 3.88. The van der Waals surface area contributed by atoms with Crippen LogP contribution in [-0.2, 0) is 6.42 Å². The van der Waals surface area contributed by atoms with Gasteiger partial charge in [-0.2, -0.15) is 5.10 Å². The van der Waals surface area contributed by atoms with Crippen LogP contribution in [0, 0.1) is 6.92 Å². The molecule has 2 aromatic heterocycles. The molecule has 0 saturated carbocycles. The first-order valence-corrected chi connectivity index (χ1v) is 11.3. The highest BCUT2D eigenvalue weighted by atomic mass is 35.5. The summed E-state index contributed by atoms with van der Waals surface area (Å²) in [5, 5.41) is 8.63. The summed E-state index contributed by atoms with van der Waals surface area (Å²) in [6, 6.07) is 16.0. The Morgan fingerprint density at radius 3 is 2.76 bits per heavy atom. The van der Waals surface area contributed by atoms with Gasteiger partial charge in [0.05, 0.1) is 16.9 Å². The maximum atomic E-state index is 13.1. The molecule has 5 rings (SSSR count). The van der Waals surface area contributed by atoms with Gasteiger partial charge in [-0.05, 0) is 62.2 Å². The van der Waals surface area contributed by atoms with E-state index < -0.39 is 0 Å². The highest BCUT2D eigenvalue weighted by Gasteiger charge is 2.28. The zero-order valence-corrected chi connectivity index (χ0v) is 19.1. The lowest BCUT2D eigenvalue weighted by atomic mass is 9.93. The third kappa shape index (κ3) is 4.18. The normalized spacial score (nSPS) is 14.1. The Labute approximate surface area is 200 Å². The third-order valence-electron chi connectivity index (χ3n) is 5.81. The maximum absolute atomic E-state index is 13.1. The fourth-order valence-electron chi connectivity index (χ4n) is 4.20. The van der Waals surface area contributed by atoms with Crippen LogP contribution in [0.3, 0.4) is 0 Å². The SMILES string of the molecule is Cc1c(C(=O)Nc2cccc3ncccc23)oc2c1/C(=N/NC(=O)c1cccc(Cl)c1)CCC2. The molecule has 1 aliphatic rings. The summed E-state index contributed by atoms with van der Waals surface area (Å²) in [4.78, 5) is 30.0. The van der Waals surface area contributed by atoms with Crippen molar-refractivity contribution in [2.24, 2.45) is 5.10 Å². The average Bonchev–Trinajstić information content (AvgIpc) is 3.20. The van der Waals surface area contributed by atoms with Crippen molar-refractivity contribution >= 4 is 45.7 Å². The minimum Gasteiger partial charge on any atom is -0.455 e. The molecule has 0 bridgehead atoms. The van der Waals surface area contributed by atoms with Gasteiger partial charge in [-0.15, -0.1) is 0 Å². The zero-order chi connectivity index (χ0) is 23.7. The summed E-state index contributed by atoms with van der Waals surface area (Å²) in [7, 11) is 0. The number of anilines is 1. The second kappa shape index (κ2) is 9.11. The summed E-state index contributed by atoms with van der Waals surface area (Å²) in [6.45, 7) is 1.83. The number of benzene rings is 2. The van der Waals surface area contributed by atoms with Crippen molar-refractivity contribution in [3.05, 3.63) is 94.0 Å². The van der Waals surface area contributed by atoms with E-state index in [0.717, 1.165) is 22.9 Å². The topological polar surface area (TPSA) is 96.6 Å². The third-order valence-corrected chi connectivity index (χ3v) is 6.04. The summed E-state index contributed by atoms with van der Waals surface area (Å²) in [5.41, 5.74) is 6.64. The van der Waals surface area contributed by atoms with E-state index >= 15 is 0 Å². The Morgan fingerprint density at radius 1 is 1.06 bits per heavy atom. The number of hydrogen-bond acceptors (Lipinski definition) is 5. The summed E-state index contributed by atoms with van der Waals surface area (Å²) >= 11 is 5.98. The number of aromatic nitrogens is 1. The lowest BCUT2D eigenvalue weighted by Crippen LogP contribution is -2.22. The van der Waals surface area contributed by atoms with Gasteiger partial charge in [0.2, 0.25) is 0 Å². The minimum atomic E-state index is -0.356. The highest BCUT2D eigenvalue weighted by Crippen LogP contribution is 2.31. The van der Waals surface area contributed by atoms with E-state index in [-0.39, 0.29) is 17.6 Å². The second-order valence-electron chi connectivity index (χ2n) is 8.05. The largest absolute Gasteiger partial charge is 0.455 e. The molecule has 0 radical (unpaired) electrons. The van der Waals surface area contributed by atoms with Crippen LogP contribution in [0.1, 0.15) is 50.6 Å². The van der Waals surface area contributed by atoms with E-state index in [1.54, 1.807) is 30.5 Å². The number of fused-ring (bicyclic) bond motifs is 2. The molecule has 0 spiro atoms. The van der Waals surface area contributed by atoms with Crippen LogP contribution in [0.2, 0.25) is 5.02 Å². The Hall–Kier alpha value is -3.97. The van der Waals surface area contributed by atoms with Crippen molar-refractivity contribution < 1.29 is 14.0 Å². The van der Waals surface area contributed by atoms with Crippen LogP contribution in [0.25, 0.3) is 10.9 Å². The van der Waals surface area contributed by atoms with E-state index in [0.29, 0.717) is 46.2 Å². The fraction of sp³-hybridized carbons (Fsp3) is 0.154. The first-order chi connectivity index (χ1) is 16.5. The number of nitrogens with zero attached hydrogens (tertiary/aromatic N) is 2. The molecule has 0 unspecified atom stereocenters. The van der Waals surface area contributed by atoms with Gasteiger partial charge in [-0.25, -0.2) is 5.43 Å². The van der Waals surface area contributed by atoms with Crippen LogP contribution in [0.15, 0.2) is 70.3 Å². The molecule has 7 nitrogen and oxygen atoms in total. The van der Waals surface area contributed by atoms with Crippen LogP contribution in [0.5, 0.6) is 0 Å². The van der Waals surface area contributed by atoms with Crippen LogP contribution < -0.4 is 10.7 Å². The summed E-state index contributed by atoms with van der Waals surface area (Å²) < 4.78 is 5.98. The Morgan fingerprint density at radius 2 is 1.91 bits per heavy atom. The molecular weight excluding hydrogens is 452 g/mol. The molecule has 1 aliphatic carbocycles. The standard InChI is InChI=1S/C26H21ClN4O3/c1-15-23-21(30-31-25(32)16-6-2-7-17(27)14-16)11-4-12-22(23)34-24(15)26(33)29-20-10-3-9-19-18(20)8-5-13-28-19/h2-3,5-10,13-14H,4,11-12H2,1H3,(H,29,33)(H,31,32)/b30-21+. The molecule has 4 aromatic rings. The Bertz CT molecular complexity index is 1450. The van der Waals surface area contributed by atoms with Crippen LogP contribution >= 0.6 is 11.6 Å². The zero-order valence-electron chi connectivity index (χ0n) is 18.4. The number of carbonyl (C=O) groups excluding carboxylic acids is 2. The smallest absolute Gasteiger partial charge is 0.291 e. The van der Waals surface area contributed by atoms with Crippen molar-refractivity contribution in [1.82, 2.24) is 10.4 Å². The van der Waals surface area contributed by atoms with Gasteiger partial charge in [-0.1, -0.05) is 23.7 Å². The number of halogens is 1. The van der Waals surface area contributed by atoms with E-state index in [9.17, 15) is 9.59 Å². The van der Waals surface area contributed by atoms with Crippen LogP contribution in [0.4, 0.5) is 5.69 Å². The lowest BCUT2D eigenvalue weighted by Gasteiger charge is -2.13. The lowest BCUT2D eigenvalue weighted by molar-refractivity contribution is 0.0953. The van der Waals surface area contributed by atoms with Gasteiger partial charge in [0.25, 0.3) is 11.8 Å². The number of hydrazone groups is 1. The van der Waals surface area contributed by atoms with Gasteiger partial charge in [0.15, 0.2) is 5.76 Å². The summed E-state index contributed by atoms with van der Waals surface area (Å²) in [5.74, 6) is 0.238. The molecule has 34 heavy (non-hydrogen) atoms. The molecule has 0 aliphatic heterocycles. The number of rotatable bonds is 4. The van der Waals surface area contributed by atoms with E-state index in [2.05, 4.69) is 20.8 Å². The van der Waals surface area contributed by atoms with Gasteiger partial charge in [0, 0.05) is 39.7 Å². The molecule has 2 aromatic carbocycles. The molecule has 0 fully saturated rings. The van der Waals surface area contributed by atoms with E-state index in [4.69, 9.17) is 16.0 Å². The molecule has 8 heteroatoms. The molecule has 170 valence electrons. The van der Waals surface area contributed by atoms with E-state index in [1.165, 1.54) is 0 Å². The monoisotopic (exact) mass is 472 g/mol. The molecule has 2 amide bonds. The maximum Gasteiger partial charge on any atom is 0.291 e. The van der Waals surface area contributed by atoms with Crippen molar-refractivity contribution in [3.8, 4) is 0 Å². The first-order valence-electron chi connectivity index (χ1n) is 10.9. The fourth-order valence-corrected chi connectivity index (χ4v) is 4.39. The number of nitrogens with one attached hydrogen (secondary N) is 2. The van der Waals surface area contributed by atoms with E-state index in [1.807, 2.05) is 37.3 Å². The minimum absolute atomic E-state index is 0.238. The van der Waals surface area contributed by atoms with Crippen LogP contribution in [-0.4, -0.2) is 22.5 Å². The van der Waals surface area contributed by atoms with Gasteiger partial charge >= 0.3 is 0 Å². The Balaban J connectivity index is 1.41.